The maximum absolute atomic E-state index is 12.5. The third-order valence-corrected chi connectivity index (χ3v) is 3.46. The van der Waals surface area contributed by atoms with Crippen LogP contribution in [0.5, 0.6) is 0 Å². The predicted octanol–water partition coefficient (Wildman–Crippen LogP) is 3.88. The van der Waals surface area contributed by atoms with Gasteiger partial charge in [0.1, 0.15) is 0 Å². The van der Waals surface area contributed by atoms with Crippen molar-refractivity contribution in [2.24, 2.45) is 0 Å². The molecule has 1 rings (SSSR count). The molecule has 1 atom stereocenters. The number of halogens is 4. The molecule has 5 heteroatoms. The summed E-state index contributed by atoms with van der Waals surface area (Å²) in [4.78, 5) is 0. The number of hydrogen-bond acceptors (Lipinski definition) is 1. The molecule has 0 aliphatic heterocycles. The highest BCUT2D eigenvalue weighted by Crippen LogP contribution is 2.33. The maximum Gasteiger partial charge on any atom is 0.416 e. The molecule has 0 N–H and O–H groups in total. The molecule has 1 nitrogen and oxygen atoms in total. The number of nitriles is 1. The summed E-state index contributed by atoms with van der Waals surface area (Å²) in [5, 5.41) is 9.26. The Hall–Kier alpha value is -1.02. The van der Waals surface area contributed by atoms with Crippen molar-refractivity contribution in [2.45, 2.75) is 18.5 Å². The zero-order chi connectivity index (χ0) is 12.4. The Bertz CT molecular complexity index is 422. The van der Waals surface area contributed by atoms with Crippen molar-refractivity contribution in [3.63, 3.8) is 0 Å². The van der Waals surface area contributed by atoms with Crippen molar-refractivity contribution < 1.29 is 13.2 Å². The molecule has 0 aromatic heterocycles. The lowest BCUT2D eigenvalue weighted by molar-refractivity contribution is -0.137. The normalized spacial score (nSPS) is 15.2. The van der Waals surface area contributed by atoms with Gasteiger partial charge in [-0.05, 0) is 18.6 Å². The standard InChI is InChI=1S/C11H9BrF3N/c1-10(6-12,7-16)8-3-2-4-9(5-8)11(13,14)15/h2-5H,6H2,1H3. The van der Waals surface area contributed by atoms with Crippen molar-refractivity contribution >= 4 is 15.9 Å². The molecule has 0 aliphatic rings. The van der Waals surface area contributed by atoms with Crippen molar-refractivity contribution in [3.05, 3.63) is 35.4 Å². The first kappa shape index (κ1) is 13.0. The smallest absolute Gasteiger partial charge is 0.197 e. The lowest BCUT2D eigenvalue weighted by atomic mass is 9.85. The monoisotopic (exact) mass is 291 g/mol. The van der Waals surface area contributed by atoms with Gasteiger partial charge >= 0.3 is 6.18 Å². The van der Waals surface area contributed by atoms with Crippen LogP contribution in [0.2, 0.25) is 0 Å². The first-order chi connectivity index (χ1) is 7.33. The number of hydrogen-bond donors (Lipinski definition) is 0. The van der Waals surface area contributed by atoms with Crippen LogP contribution in [0.4, 0.5) is 13.2 Å². The first-order valence-electron chi connectivity index (χ1n) is 4.48. The largest absolute Gasteiger partial charge is 0.416 e. The van der Waals surface area contributed by atoms with E-state index < -0.39 is 17.2 Å². The van der Waals surface area contributed by atoms with Gasteiger partial charge in [0.25, 0.3) is 0 Å². The fourth-order valence-electron chi connectivity index (χ4n) is 1.21. The summed E-state index contributed by atoms with van der Waals surface area (Å²) in [6, 6.07) is 6.87. The Morgan fingerprint density at radius 3 is 2.31 bits per heavy atom. The highest BCUT2D eigenvalue weighted by atomic mass is 79.9. The van der Waals surface area contributed by atoms with E-state index in [9.17, 15) is 13.2 Å². The van der Waals surface area contributed by atoms with Gasteiger partial charge in [-0.15, -0.1) is 0 Å². The number of benzene rings is 1. The predicted molar refractivity (Wildman–Crippen MR) is 58.2 cm³/mol. The molecule has 1 aromatic rings. The van der Waals surface area contributed by atoms with Crippen LogP contribution in [-0.4, -0.2) is 5.33 Å². The summed E-state index contributed by atoms with van der Waals surface area (Å²) in [6.45, 7) is 1.59. The minimum absolute atomic E-state index is 0.289. The number of alkyl halides is 4. The molecule has 86 valence electrons. The topological polar surface area (TPSA) is 23.8 Å². The van der Waals surface area contributed by atoms with Gasteiger partial charge in [0.15, 0.2) is 0 Å². The molecule has 1 aromatic carbocycles. The van der Waals surface area contributed by atoms with E-state index >= 15 is 0 Å². The molecular weight excluding hydrogens is 283 g/mol. The van der Waals surface area contributed by atoms with Crippen molar-refractivity contribution in [2.75, 3.05) is 5.33 Å². The summed E-state index contributed by atoms with van der Waals surface area (Å²) < 4.78 is 37.4. The van der Waals surface area contributed by atoms with Crippen LogP contribution in [0.15, 0.2) is 24.3 Å². The SMILES string of the molecule is CC(C#N)(CBr)c1cccc(C(F)(F)F)c1. The van der Waals surface area contributed by atoms with Crippen molar-refractivity contribution in [1.82, 2.24) is 0 Å². The van der Waals surface area contributed by atoms with E-state index in [0.29, 0.717) is 5.56 Å². The average Bonchev–Trinajstić information content (AvgIpc) is 2.27. The molecule has 0 saturated carbocycles. The minimum atomic E-state index is -4.38. The second-order valence-corrected chi connectivity index (χ2v) is 4.22. The van der Waals surface area contributed by atoms with Gasteiger partial charge in [-0.1, -0.05) is 34.1 Å². The van der Waals surface area contributed by atoms with Gasteiger partial charge < -0.3 is 0 Å². The molecule has 0 fully saturated rings. The van der Waals surface area contributed by atoms with Crippen LogP contribution in [0, 0.1) is 11.3 Å². The van der Waals surface area contributed by atoms with Crippen LogP contribution < -0.4 is 0 Å². The van der Waals surface area contributed by atoms with Gasteiger partial charge in [-0.2, -0.15) is 18.4 Å². The average molecular weight is 292 g/mol. The Morgan fingerprint density at radius 2 is 1.88 bits per heavy atom. The molecular formula is C11H9BrF3N. The molecule has 0 amide bonds. The van der Waals surface area contributed by atoms with E-state index in [4.69, 9.17) is 5.26 Å². The molecule has 0 radical (unpaired) electrons. The van der Waals surface area contributed by atoms with Gasteiger partial charge in [0.2, 0.25) is 0 Å². The quantitative estimate of drug-likeness (QED) is 0.759. The van der Waals surface area contributed by atoms with Crippen LogP contribution in [0.3, 0.4) is 0 Å². The van der Waals surface area contributed by atoms with Crippen molar-refractivity contribution in [1.29, 1.82) is 5.26 Å². The summed E-state index contributed by atoms with van der Waals surface area (Å²) in [5.41, 5.74) is -1.31. The number of nitrogens with zero attached hydrogens (tertiary/aromatic N) is 1. The Labute approximate surface area is 100 Å². The van der Waals surface area contributed by atoms with Crippen LogP contribution in [0.1, 0.15) is 18.1 Å². The highest BCUT2D eigenvalue weighted by molar-refractivity contribution is 9.09. The van der Waals surface area contributed by atoms with Gasteiger partial charge in [0.05, 0.1) is 17.0 Å². The Balaban J connectivity index is 3.24. The first-order valence-corrected chi connectivity index (χ1v) is 5.60. The summed E-state index contributed by atoms with van der Waals surface area (Å²) in [6.07, 6.45) is -4.38. The molecule has 16 heavy (non-hydrogen) atoms. The maximum atomic E-state index is 12.5. The lowest BCUT2D eigenvalue weighted by Crippen LogP contribution is -2.22. The molecule has 0 heterocycles. The van der Waals surface area contributed by atoms with E-state index in [1.807, 2.05) is 6.07 Å². The van der Waals surface area contributed by atoms with E-state index in [1.54, 1.807) is 6.92 Å². The Morgan fingerprint density at radius 1 is 1.31 bits per heavy atom. The molecule has 0 bridgehead atoms. The third-order valence-electron chi connectivity index (χ3n) is 2.34. The van der Waals surface area contributed by atoms with Crippen LogP contribution >= 0.6 is 15.9 Å². The fraction of sp³-hybridized carbons (Fsp3) is 0.364. The van der Waals surface area contributed by atoms with Gasteiger partial charge in [-0.25, -0.2) is 0 Å². The van der Waals surface area contributed by atoms with Crippen LogP contribution in [-0.2, 0) is 11.6 Å². The highest BCUT2D eigenvalue weighted by Gasteiger charge is 2.33. The zero-order valence-corrected chi connectivity index (χ0v) is 10.1. The summed E-state index contributed by atoms with van der Waals surface area (Å²) in [7, 11) is 0. The van der Waals surface area contributed by atoms with Gasteiger partial charge in [0, 0.05) is 5.33 Å². The lowest BCUT2D eigenvalue weighted by Gasteiger charge is -2.20. The van der Waals surface area contributed by atoms with E-state index in [2.05, 4.69) is 15.9 Å². The van der Waals surface area contributed by atoms with Gasteiger partial charge in [-0.3, -0.25) is 0 Å². The van der Waals surface area contributed by atoms with Crippen LogP contribution in [0.25, 0.3) is 0 Å². The molecule has 0 spiro atoms. The van der Waals surface area contributed by atoms with E-state index in [1.165, 1.54) is 12.1 Å². The molecule has 0 saturated heterocycles. The third kappa shape index (κ3) is 2.56. The second kappa shape index (κ2) is 4.46. The fourth-order valence-corrected chi connectivity index (χ4v) is 1.66. The summed E-state index contributed by atoms with van der Waals surface area (Å²) >= 11 is 3.14. The Kier molecular flexibility index (Phi) is 3.64. The zero-order valence-electron chi connectivity index (χ0n) is 8.48. The molecule has 1 unspecified atom stereocenters. The van der Waals surface area contributed by atoms with E-state index in [0.717, 1.165) is 12.1 Å². The summed E-state index contributed by atoms with van der Waals surface area (Å²) in [5.74, 6) is 0. The minimum Gasteiger partial charge on any atom is -0.197 e. The molecule has 0 aliphatic carbocycles. The second-order valence-electron chi connectivity index (χ2n) is 3.66. The van der Waals surface area contributed by atoms with E-state index in [-0.39, 0.29) is 5.33 Å². The number of rotatable bonds is 2. The van der Waals surface area contributed by atoms with Crippen molar-refractivity contribution in [3.8, 4) is 6.07 Å².